The summed E-state index contributed by atoms with van der Waals surface area (Å²) in [5, 5.41) is 20.8. The lowest BCUT2D eigenvalue weighted by atomic mass is 10.1. The van der Waals surface area contributed by atoms with Crippen molar-refractivity contribution in [2.45, 2.75) is 13.0 Å². The van der Waals surface area contributed by atoms with Crippen molar-refractivity contribution < 1.29 is 10.3 Å². The van der Waals surface area contributed by atoms with Gasteiger partial charge in [0.05, 0.1) is 0 Å². The summed E-state index contributed by atoms with van der Waals surface area (Å²) in [5.41, 5.74) is 6.67. The third-order valence-corrected chi connectivity index (χ3v) is 1.70. The van der Waals surface area contributed by atoms with Gasteiger partial charge in [-0.3, -0.25) is 0 Å². The van der Waals surface area contributed by atoms with E-state index in [1.807, 2.05) is 0 Å². The van der Waals surface area contributed by atoms with Gasteiger partial charge in [0.1, 0.15) is 11.5 Å². The lowest BCUT2D eigenvalue weighted by Gasteiger charge is -2.07. The summed E-state index contributed by atoms with van der Waals surface area (Å²) in [4.78, 5) is 0. The Bertz CT molecular complexity index is 304. The Morgan fingerprint density at radius 2 is 1.92 bits per heavy atom. The molecule has 0 aromatic heterocycles. The quantitative estimate of drug-likeness (QED) is 0.359. The van der Waals surface area contributed by atoms with E-state index in [2.05, 4.69) is 5.16 Å². The maximum Gasteiger partial charge on any atom is 0.115 e. The number of hydrogen-bond donors (Lipinski definition) is 3. The molecule has 1 atom stereocenters. The molecule has 0 bridgehead atoms. The molecule has 13 heavy (non-hydrogen) atoms. The summed E-state index contributed by atoms with van der Waals surface area (Å²) in [5.74, 6) is 0.172. The summed E-state index contributed by atoms with van der Waals surface area (Å²) < 4.78 is 0. The standard InChI is InChI=1S/C9H12N2O2/c1-6(10)9(11-13)7-2-4-8(12)5-3-7/h2-6,12-13H,10H2,1H3/b11-9-. The van der Waals surface area contributed by atoms with Crippen molar-refractivity contribution in [2.75, 3.05) is 0 Å². The molecule has 0 aliphatic heterocycles. The van der Waals surface area contributed by atoms with E-state index in [0.717, 1.165) is 0 Å². The topological polar surface area (TPSA) is 78.8 Å². The van der Waals surface area contributed by atoms with Gasteiger partial charge in [0, 0.05) is 11.6 Å². The number of rotatable bonds is 2. The minimum atomic E-state index is -0.338. The fraction of sp³-hybridized carbons (Fsp3) is 0.222. The van der Waals surface area contributed by atoms with E-state index in [9.17, 15) is 0 Å². The molecule has 0 saturated carbocycles. The van der Waals surface area contributed by atoms with E-state index in [1.54, 1.807) is 19.1 Å². The number of phenolic OH excluding ortho intramolecular Hbond substituents is 1. The summed E-state index contributed by atoms with van der Waals surface area (Å²) in [6.45, 7) is 1.72. The molecule has 0 aliphatic rings. The normalized spacial score (nSPS) is 14.2. The molecule has 70 valence electrons. The molecular formula is C9H12N2O2. The van der Waals surface area contributed by atoms with Crippen molar-refractivity contribution in [2.24, 2.45) is 10.9 Å². The maximum absolute atomic E-state index is 9.02. The van der Waals surface area contributed by atoms with E-state index in [-0.39, 0.29) is 11.8 Å². The Morgan fingerprint density at radius 1 is 1.38 bits per heavy atom. The predicted molar refractivity (Wildman–Crippen MR) is 50.1 cm³/mol. The largest absolute Gasteiger partial charge is 0.508 e. The smallest absolute Gasteiger partial charge is 0.115 e. The Hall–Kier alpha value is -1.55. The minimum absolute atomic E-state index is 0.172. The van der Waals surface area contributed by atoms with E-state index < -0.39 is 0 Å². The second-order valence-electron chi connectivity index (χ2n) is 2.82. The van der Waals surface area contributed by atoms with Crippen molar-refractivity contribution in [3.8, 4) is 5.75 Å². The number of benzene rings is 1. The van der Waals surface area contributed by atoms with Crippen LogP contribution in [0.4, 0.5) is 0 Å². The van der Waals surface area contributed by atoms with Crippen LogP contribution in [0.15, 0.2) is 29.4 Å². The van der Waals surface area contributed by atoms with Crippen molar-refractivity contribution in [3.05, 3.63) is 29.8 Å². The molecule has 1 unspecified atom stereocenters. The predicted octanol–water partition coefficient (Wildman–Crippen LogP) is 0.918. The van der Waals surface area contributed by atoms with Gasteiger partial charge in [-0.05, 0) is 31.2 Å². The van der Waals surface area contributed by atoms with Crippen molar-refractivity contribution in [3.63, 3.8) is 0 Å². The van der Waals surface area contributed by atoms with Gasteiger partial charge in [-0.1, -0.05) is 5.16 Å². The first kappa shape index (κ1) is 9.54. The van der Waals surface area contributed by atoms with Gasteiger partial charge in [0.2, 0.25) is 0 Å². The molecule has 0 saturated heterocycles. The molecule has 0 heterocycles. The SMILES string of the molecule is CC(N)/C(=N/O)c1ccc(O)cc1. The molecule has 0 aliphatic carbocycles. The zero-order valence-electron chi connectivity index (χ0n) is 7.31. The summed E-state index contributed by atoms with van der Waals surface area (Å²) in [7, 11) is 0. The van der Waals surface area contributed by atoms with Crippen LogP contribution in [-0.4, -0.2) is 22.1 Å². The van der Waals surface area contributed by atoms with Gasteiger partial charge in [-0.2, -0.15) is 0 Å². The van der Waals surface area contributed by atoms with Crippen molar-refractivity contribution in [1.82, 2.24) is 0 Å². The molecule has 4 heteroatoms. The number of oxime groups is 1. The first-order valence-corrected chi connectivity index (χ1v) is 3.92. The second-order valence-corrected chi connectivity index (χ2v) is 2.82. The van der Waals surface area contributed by atoms with Crippen molar-refractivity contribution in [1.29, 1.82) is 0 Å². The third-order valence-electron chi connectivity index (χ3n) is 1.70. The van der Waals surface area contributed by atoms with E-state index in [1.165, 1.54) is 12.1 Å². The van der Waals surface area contributed by atoms with Crippen LogP contribution >= 0.6 is 0 Å². The first-order valence-electron chi connectivity index (χ1n) is 3.92. The number of hydrogen-bond acceptors (Lipinski definition) is 4. The molecule has 1 aromatic carbocycles. The van der Waals surface area contributed by atoms with E-state index >= 15 is 0 Å². The highest BCUT2D eigenvalue weighted by Crippen LogP contribution is 2.11. The second kappa shape index (κ2) is 3.91. The Labute approximate surface area is 76.3 Å². The van der Waals surface area contributed by atoms with Crippen LogP contribution in [0.1, 0.15) is 12.5 Å². The van der Waals surface area contributed by atoms with E-state index in [4.69, 9.17) is 16.0 Å². The molecular weight excluding hydrogens is 168 g/mol. The Kier molecular flexibility index (Phi) is 2.87. The lowest BCUT2D eigenvalue weighted by Crippen LogP contribution is -2.27. The van der Waals surface area contributed by atoms with Gasteiger partial charge in [0.15, 0.2) is 0 Å². The zero-order valence-corrected chi connectivity index (χ0v) is 7.31. The summed E-state index contributed by atoms with van der Waals surface area (Å²) in [6.07, 6.45) is 0. The fourth-order valence-electron chi connectivity index (χ4n) is 1.04. The highest BCUT2D eigenvalue weighted by Gasteiger charge is 2.08. The Morgan fingerprint density at radius 3 is 2.31 bits per heavy atom. The van der Waals surface area contributed by atoms with Crippen molar-refractivity contribution >= 4 is 5.71 Å². The molecule has 4 N–H and O–H groups in total. The van der Waals surface area contributed by atoms with Gasteiger partial charge >= 0.3 is 0 Å². The summed E-state index contributed by atoms with van der Waals surface area (Å²) in [6, 6.07) is 5.99. The van der Waals surface area contributed by atoms with Gasteiger partial charge in [-0.15, -0.1) is 0 Å². The zero-order chi connectivity index (χ0) is 9.84. The fourth-order valence-corrected chi connectivity index (χ4v) is 1.04. The molecule has 0 radical (unpaired) electrons. The molecule has 4 nitrogen and oxygen atoms in total. The molecule has 0 spiro atoms. The van der Waals surface area contributed by atoms with Gasteiger partial charge in [0.25, 0.3) is 0 Å². The molecule has 0 fully saturated rings. The molecule has 1 rings (SSSR count). The number of nitrogens with two attached hydrogens (primary N) is 1. The number of phenols is 1. The maximum atomic E-state index is 9.02. The Balaban J connectivity index is 3.00. The average Bonchev–Trinajstić information content (AvgIpc) is 2.09. The lowest BCUT2D eigenvalue weighted by molar-refractivity contribution is 0.317. The molecule has 1 aromatic rings. The number of aromatic hydroxyl groups is 1. The van der Waals surface area contributed by atoms with Crippen LogP contribution < -0.4 is 5.73 Å². The van der Waals surface area contributed by atoms with Crippen LogP contribution in [0.25, 0.3) is 0 Å². The van der Waals surface area contributed by atoms with Crippen LogP contribution in [0.2, 0.25) is 0 Å². The number of nitrogens with zero attached hydrogens (tertiary/aromatic N) is 1. The van der Waals surface area contributed by atoms with Gasteiger partial charge < -0.3 is 16.0 Å². The monoisotopic (exact) mass is 180 g/mol. The van der Waals surface area contributed by atoms with E-state index in [0.29, 0.717) is 11.3 Å². The minimum Gasteiger partial charge on any atom is -0.508 e. The average molecular weight is 180 g/mol. The first-order chi connectivity index (χ1) is 6.15. The summed E-state index contributed by atoms with van der Waals surface area (Å²) >= 11 is 0. The van der Waals surface area contributed by atoms with Crippen LogP contribution in [-0.2, 0) is 0 Å². The third kappa shape index (κ3) is 2.19. The highest BCUT2D eigenvalue weighted by molar-refractivity contribution is 6.03. The van der Waals surface area contributed by atoms with Crippen LogP contribution in [0.5, 0.6) is 5.75 Å². The van der Waals surface area contributed by atoms with Gasteiger partial charge in [-0.25, -0.2) is 0 Å². The van der Waals surface area contributed by atoms with Crippen LogP contribution in [0.3, 0.4) is 0 Å². The molecule has 0 amide bonds. The highest BCUT2D eigenvalue weighted by atomic mass is 16.4. The van der Waals surface area contributed by atoms with Crippen LogP contribution in [0, 0.1) is 0 Å².